The zero-order valence-electron chi connectivity index (χ0n) is 12.9. The fourth-order valence-corrected chi connectivity index (χ4v) is 3.30. The molecule has 1 aromatic carbocycles. The Morgan fingerprint density at radius 2 is 1.91 bits per heavy atom. The minimum atomic E-state index is -0.457. The van der Waals surface area contributed by atoms with Gasteiger partial charge in [0.25, 0.3) is 5.91 Å². The van der Waals surface area contributed by atoms with Crippen LogP contribution in [0.2, 0.25) is 0 Å². The lowest BCUT2D eigenvalue weighted by molar-refractivity contribution is -0.119. The molecule has 0 atom stereocenters. The second kappa shape index (κ2) is 9.16. The molecule has 0 saturated heterocycles. The van der Waals surface area contributed by atoms with Crippen LogP contribution in [0.5, 0.6) is 5.75 Å². The summed E-state index contributed by atoms with van der Waals surface area (Å²) in [6, 6.07) is 6.40. The van der Waals surface area contributed by atoms with Gasteiger partial charge in [-0.15, -0.1) is 0 Å². The third kappa shape index (κ3) is 5.97. The predicted octanol–water partition coefficient (Wildman–Crippen LogP) is 3.52. The van der Waals surface area contributed by atoms with Crippen LogP contribution in [0.4, 0.5) is 0 Å². The van der Waals surface area contributed by atoms with Crippen molar-refractivity contribution >= 4 is 21.8 Å². The number of carbonyl (C=O) groups excluding carboxylic acids is 1. The first-order valence-corrected chi connectivity index (χ1v) is 8.87. The molecule has 22 heavy (non-hydrogen) atoms. The lowest BCUT2D eigenvalue weighted by atomic mass is 9.96. The Morgan fingerprint density at radius 1 is 1.23 bits per heavy atom. The Kier molecular flexibility index (Phi) is 7.19. The first-order chi connectivity index (χ1) is 10.6. The van der Waals surface area contributed by atoms with Gasteiger partial charge in [-0.2, -0.15) is 0 Å². The summed E-state index contributed by atoms with van der Waals surface area (Å²) in [7, 11) is 0. The lowest BCUT2D eigenvalue weighted by Gasteiger charge is -2.22. The molecular weight excluding hydrogens is 344 g/mol. The van der Waals surface area contributed by atoms with Crippen LogP contribution < -0.4 is 15.8 Å². The van der Waals surface area contributed by atoms with Crippen LogP contribution in [-0.4, -0.2) is 18.6 Å². The van der Waals surface area contributed by atoms with E-state index in [1.165, 1.54) is 44.9 Å². The second-order valence-electron chi connectivity index (χ2n) is 5.93. The maximum absolute atomic E-state index is 10.9. The van der Waals surface area contributed by atoms with Gasteiger partial charge in [0.05, 0.1) is 0 Å². The number of nitrogens with one attached hydrogen (secondary N) is 1. The van der Waals surface area contributed by atoms with Gasteiger partial charge in [0.1, 0.15) is 5.75 Å². The highest BCUT2D eigenvalue weighted by Crippen LogP contribution is 2.24. The van der Waals surface area contributed by atoms with E-state index in [0.717, 1.165) is 22.3 Å². The fraction of sp³-hybridized carbons (Fsp3) is 0.588. The van der Waals surface area contributed by atoms with Crippen LogP contribution >= 0.6 is 15.9 Å². The average Bonchev–Trinajstić information content (AvgIpc) is 2.45. The van der Waals surface area contributed by atoms with E-state index in [0.29, 0.717) is 6.04 Å². The molecular formula is C17H25BrN2O2. The molecule has 0 unspecified atom stereocenters. The molecule has 1 saturated carbocycles. The number of hydrogen-bond acceptors (Lipinski definition) is 3. The van der Waals surface area contributed by atoms with Crippen LogP contribution in [0.15, 0.2) is 22.7 Å². The standard InChI is InChI=1S/C17H25BrN2O2/c18-14-8-9-16(22-12-17(19)21)13(10-14)11-20-15-6-4-2-1-3-5-7-15/h8-10,15,20H,1-7,11-12H2,(H2,19,21). The molecule has 122 valence electrons. The molecule has 4 nitrogen and oxygen atoms in total. The van der Waals surface area contributed by atoms with Gasteiger partial charge in [-0.3, -0.25) is 4.79 Å². The minimum absolute atomic E-state index is 0.0853. The Balaban J connectivity index is 1.94. The van der Waals surface area contributed by atoms with Crippen LogP contribution in [-0.2, 0) is 11.3 Å². The number of hydrogen-bond donors (Lipinski definition) is 2. The van der Waals surface area contributed by atoms with Crippen molar-refractivity contribution < 1.29 is 9.53 Å². The third-order valence-electron chi connectivity index (χ3n) is 4.08. The largest absolute Gasteiger partial charge is 0.483 e. The van der Waals surface area contributed by atoms with Crippen molar-refractivity contribution in [2.45, 2.75) is 57.5 Å². The molecule has 1 aromatic rings. The van der Waals surface area contributed by atoms with E-state index < -0.39 is 5.91 Å². The molecule has 3 N–H and O–H groups in total. The van der Waals surface area contributed by atoms with E-state index >= 15 is 0 Å². The highest BCUT2D eigenvalue weighted by atomic mass is 79.9. The van der Waals surface area contributed by atoms with E-state index in [4.69, 9.17) is 10.5 Å². The van der Waals surface area contributed by atoms with Gasteiger partial charge < -0.3 is 15.8 Å². The first kappa shape index (κ1) is 17.3. The van der Waals surface area contributed by atoms with Crippen molar-refractivity contribution in [2.75, 3.05) is 6.61 Å². The zero-order chi connectivity index (χ0) is 15.8. The Morgan fingerprint density at radius 3 is 2.59 bits per heavy atom. The van der Waals surface area contributed by atoms with E-state index in [2.05, 4.69) is 21.2 Å². The molecule has 1 aliphatic rings. The maximum Gasteiger partial charge on any atom is 0.255 e. The number of halogens is 1. The highest BCUT2D eigenvalue weighted by molar-refractivity contribution is 9.10. The molecule has 5 heteroatoms. The Hall–Kier alpha value is -1.07. The quantitative estimate of drug-likeness (QED) is 0.807. The fourth-order valence-electron chi connectivity index (χ4n) is 2.89. The molecule has 0 aliphatic heterocycles. The topological polar surface area (TPSA) is 64.4 Å². The number of rotatable bonds is 6. The van der Waals surface area contributed by atoms with E-state index in [1.807, 2.05) is 18.2 Å². The zero-order valence-corrected chi connectivity index (χ0v) is 14.5. The normalized spacial score (nSPS) is 16.8. The van der Waals surface area contributed by atoms with Gasteiger partial charge in [-0.05, 0) is 31.0 Å². The van der Waals surface area contributed by atoms with Crippen LogP contribution in [0.25, 0.3) is 0 Å². The monoisotopic (exact) mass is 368 g/mol. The first-order valence-electron chi connectivity index (χ1n) is 8.08. The molecule has 2 rings (SSSR count). The van der Waals surface area contributed by atoms with Gasteiger partial charge in [-0.25, -0.2) is 0 Å². The summed E-state index contributed by atoms with van der Waals surface area (Å²) in [5.74, 6) is 0.266. The van der Waals surface area contributed by atoms with Crippen molar-refractivity contribution in [2.24, 2.45) is 5.73 Å². The molecule has 1 amide bonds. The van der Waals surface area contributed by atoms with E-state index in [9.17, 15) is 4.79 Å². The van der Waals surface area contributed by atoms with Gasteiger partial charge in [-0.1, -0.05) is 48.0 Å². The predicted molar refractivity (Wildman–Crippen MR) is 91.8 cm³/mol. The van der Waals surface area contributed by atoms with Crippen molar-refractivity contribution in [3.63, 3.8) is 0 Å². The average molecular weight is 369 g/mol. The number of ether oxygens (including phenoxy) is 1. The Bertz CT molecular complexity index is 486. The smallest absolute Gasteiger partial charge is 0.255 e. The summed E-state index contributed by atoms with van der Waals surface area (Å²) in [6.45, 7) is 0.663. The maximum atomic E-state index is 10.9. The van der Waals surface area contributed by atoms with Gasteiger partial charge in [0.2, 0.25) is 0 Å². The van der Waals surface area contributed by atoms with Crippen LogP contribution in [0, 0.1) is 0 Å². The van der Waals surface area contributed by atoms with Gasteiger partial charge in [0.15, 0.2) is 6.61 Å². The van der Waals surface area contributed by atoms with Gasteiger partial charge in [0, 0.05) is 22.6 Å². The molecule has 0 aromatic heterocycles. The highest BCUT2D eigenvalue weighted by Gasteiger charge is 2.12. The summed E-state index contributed by atoms with van der Waals surface area (Å²) >= 11 is 3.49. The van der Waals surface area contributed by atoms with Crippen molar-refractivity contribution in [3.05, 3.63) is 28.2 Å². The number of carbonyl (C=O) groups is 1. The third-order valence-corrected chi connectivity index (χ3v) is 4.57. The van der Waals surface area contributed by atoms with Crippen molar-refractivity contribution in [3.8, 4) is 5.75 Å². The number of amides is 1. The molecule has 1 fully saturated rings. The summed E-state index contributed by atoms with van der Waals surface area (Å²) < 4.78 is 6.51. The molecule has 0 spiro atoms. The van der Waals surface area contributed by atoms with Gasteiger partial charge >= 0.3 is 0 Å². The van der Waals surface area contributed by atoms with Crippen molar-refractivity contribution in [1.82, 2.24) is 5.32 Å². The summed E-state index contributed by atoms with van der Waals surface area (Å²) in [5.41, 5.74) is 6.21. The van der Waals surface area contributed by atoms with E-state index in [-0.39, 0.29) is 6.61 Å². The summed E-state index contributed by atoms with van der Waals surface area (Å²) in [6.07, 6.45) is 9.17. The number of benzene rings is 1. The number of primary amides is 1. The van der Waals surface area contributed by atoms with E-state index in [1.54, 1.807) is 0 Å². The molecule has 0 bridgehead atoms. The molecule has 0 radical (unpaired) electrons. The number of nitrogens with two attached hydrogens (primary N) is 1. The summed E-state index contributed by atoms with van der Waals surface area (Å²) in [4.78, 5) is 10.9. The minimum Gasteiger partial charge on any atom is -0.483 e. The lowest BCUT2D eigenvalue weighted by Crippen LogP contribution is -2.29. The van der Waals surface area contributed by atoms with Crippen LogP contribution in [0.3, 0.4) is 0 Å². The second-order valence-corrected chi connectivity index (χ2v) is 6.85. The molecule has 0 heterocycles. The van der Waals surface area contributed by atoms with Crippen LogP contribution in [0.1, 0.15) is 50.5 Å². The summed E-state index contributed by atoms with van der Waals surface area (Å²) in [5, 5.41) is 3.64. The molecule has 1 aliphatic carbocycles. The SMILES string of the molecule is NC(=O)COc1ccc(Br)cc1CNC1CCCCCCC1. The Labute approximate surface area is 140 Å². The van der Waals surface area contributed by atoms with Crippen molar-refractivity contribution in [1.29, 1.82) is 0 Å².